The molecule has 0 spiro atoms. The van der Waals surface area contributed by atoms with Gasteiger partial charge in [0, 0.05) is 13.1 Å². The summed E-state index contributed by atoms with van der Waals surface area (Å²) in [6.45, 7) is 4.19. The number of carbonyl (C=O) groups is 1. The summed E-state index contributed by atoms with van der Waals surface area (Å²) in [4.78, 5) is 14.9. The molecule has 0 aliphatic carbocycles. The molecular weight excluding hydrogens is 246 g/mol. The molecule has 1 unspecified atom stereocenters. The van der Waals surface area contributed by atoms with E-state index >= 15 is 0 Å². The van der Waals surface area contributed by atoms with Crippen molar-refractivity contribution < 1.29 is 9.53 Å². The molecular formula is C14H19NO2S. The molecule has 1 atom stereocenters. The minimum Gasteiger partial charge on any atom is -0.372 e. The Balaban J connectivity index is 1.88. The molecule has 0 N–H and O–H groups in total. The summed E-state index contributed by atoms with van der Waals surface area (Å²) in [5.74, 6) is 0.143. The summed E-state index contributed by atoms with van der Waals surface area (Å²) >= 11 is 1.50. The molecule has 1 aliphatic rings. The molecule has 0 saturated carbocycles. The normalized spacial score (nSPS) is 20.5. The van der Waals surface area contributed by atoms with Crippen LogP contribution in [0.4, 0.5) is 0 Å². The maximum atomic E-state index is 12.2. The van der Waals surface area contributed by atoms with Crippen molar-refractivity contribution in [3.63, 3.8) is 0 Å². The van der Waals surface area contributed by atoms with Crippen LogP contribution in [0.15, 0.2) is 29.7 Å². The van der Waals surface area contributed by atoms with Crippen LogP contribution < -0.4 is 0 Å². The Hall–Kier alpha value is -1.13. The van der Waals surface area contributed by atoms with Gasteiger partial charge in [-0.1, -0.05) is 18.2 Å². The van der Waals surface area contributed by atoms with E-state index in [1.165, 1.54) is 11.3 Å². The second kappa shape index (κ2) is 6.71. The number of thiophene rings is 1. The third-order valence-corrected chi connectivity index (χ3v) is 3.92. The first kappa shape index (κ1) is 13.3. The smallest absolute Gasteiger partial charge is 0.264 e. The van der Waals surface area contributed by atoms with Crippen LogP contribution in [0.2, 0.25) is 0 Å². The van der Waals surface area contributed by atoms with E-state index < -0.39 is 0 Å². The molecule has 0 radical (unpaired) electrons. The Morgan fingerprint density at radius 2 is 2.56 bits per heavy atom. The highest BCUT2D eigenvalue weighted by Gasteiger charge is 2.25. The molecule has 2 rings (SSSR count). The van der Waals surface area contributed by atoms with E-state index in [9.17, 15) is 4.79 Å². The molecule has 98 valence electrons. The van der Waals surface area contributed by atoms with Crippen molar-refractivity contribution in [2.45, 2.75) is 25.9 Å². The van der Waals surface area contributed by atoms with Crippen molar-refractivity contribution in [3.05, 3.63) is 34.5 Å². The van der Waals surface area contributed by atoms with Crippen LogP contribution in [-0.4, -0.2) is 36.6 Å². The molecule has 2 heterocycles. The van der Waals surface area contributed by atoms with E-state index in [2.05, 4.69) is 0 Å². The van der Waals surface area contributed by atoms with Crippen molar-refractivity contribution in [2.75, 3.05) is 19.7 Å². The zero-order valence-corrected chi connectivity index (χ0v) is 11.5. The molecule has 1 amide bonds. The minimum atomic E-state index is 0.143. The highest BCUT2D eigenvalue weighted by Crippen LogP contribution is 2.18. The molecule has 18 heavy (non-hydrogen) atoms. The summed E-state index contributed by atoms with van der Waals surface area (Å²) in [7, 11) is 0. The largest absolute Gasteiger partial charge is 0.372 e. The van der Waals surface area contributed by atoms with Gasteiger partial charge < -0.3 is 9.64 Å². The highest BCUT2D eigenvalue weighted by molar-refractivity contribution is 7.12. The molecule has 1 aromatic heterocycles. The highest BCUT2D eigenvalue weighted by atomic mass is 32.1. The molecule has 3 nitrogen and oxygen atoms in total. The molecule has 0 bridgehead atoms. The Kier molecular flexibility index (Phi) is 4.96. The van der Waals surface area contributed by atoms with Gasteiger partial charge >= 0.3 is 0 Å². The predicted molar refractivity (Wildman–Crippen MR) is 74.0 cm³/mol. The number of amides is 1. The van der Waals surface area contributed by atoms with E-state index in [-0.39, 0.29) is 12.0 Å². The predicted octanol–water partition coefficient (Wildman–Crippen LogP) is 2.95. The summed E-state index contributed by atoms with van der Waals surface area (Å²) in [6.07, 6.45) is 6.24. The van der Waals surface area contributed by atoms with Gasteiger partial charge in [-0.25, -0.2) is 0 Å². The first-order valence-corrected chi connectivity index (χ1v) is 7.24. The van der Waals surface area contributed by atoms with Crippen LogP contribution >= 0.6 is 11.3 Å². The number of nitrogens with zero attached hydrogens (tertiary/aromatic N) is 1. The third-order valence-electron chi connectivity index (χ3n) is 3.06. The zero-order valence-electron chi connectivity index (χ0n) is 10.7. The van der Waals surface area contributed by atoms with Gasteiger partial charge in [0.15, 0.2) is 0 Å². The maximum absolute atomic E-state index is 12.2. The van der Waals surface area contributed by atoms with Gasteiger partial charge in [-0.3, -0.25) is 4.79 Å². The maximum Gasteiger partial charge on any atom is 0.264 e. The number of ether oxygens (including phenoxy) is 1. The van der Waals surface area contributed by atoms with Gasteiger partial charge in [-0.05, 0) is 31.2 Å². The summed E-state index contributed by atoms with van der Waals surface area (Å²) < 4.78 is 5.74. The summed E-state index contributed by atoms with van der Waals surface area (Å²) in [5, 5.41) is 1.94. The van der Waals surface area contributed by atoms with Crippen molar-refractivity contribution in [1.82, 2.24) is 4.90 Å². The van der Waals surface area contributed by atoms with Gasteiger partial charge in [0.2, 0.25) is 0 Å². The van der Waals surface area contributed by atoms with Gasteiger partial charge in [-0.2, -0.15) is 0 Å². The Labute approximate surface area is 112 Å². The first-order chi connectivity index (χ1) is 8.81. The van der Waals surface area contributed by atoms with Crippen molar-refractivity contribution >= 4 is 17.2 Å². The fraction of sp³-hybridized carbons (Fsp3) is 0.500. The van der Waals surface area contributed by atoms with Gasteiger partial charge in [0.05, 0.1) is 17.6 Å². The van der Waals surface area contributed by atoms with E-state index in [4.69, 9.17) is 4.74 Å². The molecule has 1 aromatic rings. The third kappa shape index (κ3) is 3.43. The van der Waals surface area contributed by atoms with Gasteiger partial charge in [0.25, 0.3) is 5.91 Å². The second-order valence-electron chi connectivity index (χ2n) is 4.40. The lowest BCUT2D eigenvalue weighted by molar-refractivity contribution is 0.0135. The number of piperidine rings is 1. The standard InChI is InChI=1S/C14H19NO2S/c1-2-3-9-17-12-6-4-8-15(11-12)14(16)13-7-5-10-18-13/h2-3,5,7,10,12H,4,6,8-9,11H2,1H3/b3-2-. The second-order valence-corrected chi connectivity index (χ2v) is 5.34. The topological polar surface area (TPSA) is 29.5 Å². The lowest BCUT2D eigenvalue weighted by atomic mass is 10.1. The average molecular weight is 265 g/mol. The van der Waals surface area contributed by atoms with Crippen molar-refractivity contribution in [3.8, 4) is 0 Å². The van der Waals surface area contributed by atoms with Crippen LogP contribution in [0.3, 0.4) is 0 Å². The number of hydrogen-bond donors (Lipinski definition) is 0. The van der Waals surface area contributed by atoms with Crippen LogP contribution in [-0.2, 0) is 4.74 Å². The van der Waals surface area contributed by atoms with E-state index in [1.807, 2.05) is 41.5 Å². The van der Waals surface area contributed by atoms with Crippen molar-refractivity contribution in [2.24, 2.45) is 0 Å². The Morgan fingerprint density at radius 3 is 3.28 bits per heavy atom. The number of likely N-dealkylation sites (tertiary alicyclic amines) is 1. The number of allylic oxidation sites excluding steroid dienone is 1. The lowest BCUT2D eigenvalue weighted by Crippen LogP contribution is -2.43. The van der Waals surface area contributed by atoms with Crippen molar-refractivity contribution in [1.29, 1.82) is 0 Å². The average Bonchev–Trinajstić information content (AvgIpc) is 2.92. The molecule has 0 aromatic carbocycles. The number of carbonyl (C=O) groups excluding carboxylic acids is 1. The zero-order chi connectivity index (χ0) is 12.8. The number of hydrogen-bond acceptors (Lipinski definition) is 3. The van der Waals surface area contributed by atoms with Crippen LogP contribution in [0, 0.1) is 0 Å². The fourth-order valence-electron chi connectivity index (χ4n) is 2.10. The van der Waals surface area contributed by atoms with E-state index in [1.54, 1.807) is 0 Å². The molecule has 1 aliphatic heterocycles. The fourth-order valence-corrected chi connectivity index (χ4v) is 2.79. The molecule has 4 heteroatoms. The van der Waals surface area contributed by atoms with Gasteiger partial charge in [0.1, 0.15) is 0 Å². The summed E-state index contributed by atoms with van der Waals surface area (Å²) in [5.41, 5.74) is 0. The summed E-state index contributed by atoms with van der Waals surface area (Å²) in [6, 6.07) is 3.80. The first-order valence-electron chi connectivity index (χ1n) is 6.37. The minimum absolute atomic E-state index is 0.143. The van der Waals surface area contributed by atoms with Crippen LogP contribution in [0.1, 0.15) is 29.4 Å². The lowest BCUT2D eigenvalue weighted by Gasteiger charge is -2.32. The van der Waals surface area contributed by atoms with E-state index in [0.717, 1.165) is 24.3 Å². The molecule has 1 saturated heterocycles. The SMILES string of the molecule is C/C=C\COC1CCCN(C(=O)c2cccs2)C1. The van der Waals surface area contributed by atoms with Crippen LogP contribution in [0.5, 0.6) is 0 Å². The number of rotatable bonds is 4. The monoisotopic (exact) mass is 265 g/mol. The molecule has 1 fully saturated rings. The van der Waals surface area contributed by atoms with E-state index in [0.29, 0.717) is 13.2 Å². The Bertz CT molecular complexity index is 400. The van der Waals surface area contributed by atoms with Gasteiger partial charge in [-0.15, -0.1) is 11.3 Å². The van der Waals surface area contributed by atoms with Crippen LogP contribution in [0.25, 0.3) is 0 Å². The Morgan fingerprint density at radius 1 is 1.67 bits per heavy atom. The quantitative estimate of drug-likeness (QED) is 0.783.